The third-order valence-corrected chi connectivity index (χ3v) is 15.9. The van der Waals surface area contributed by atoms with Crippen molar-refractivity contribution in [2.75, 3.05) is 21.0 Å². The third-order valence-electron chi connectivity index (χ3n) is 11.4. The molecular formula is C44H60O11Si. The SMILES string of the molecule is C=C[C@@H](Cc1cc2cc(O)cc(OCOCc3ccccc3)c2c(OC(C)=O)c1C(=O)OC)[C@H](OC)[C@@H](O[Si](C)(C)C(C)(C)C)[C@H]1OC2(CCCCC2)O[C@@H]1C. The highest BCUT2D eigenvalue weighted by atomic mass is 28.4. The van der Waals surface area contributed by atoms with E-state index >= 15 is 0 Å². The Morgan fingerprint density at radius 3 is 2.36 bits per heavy atom. The first-order chi connectivity index (χ1) is 26.5. The lowest BCUT2D eigenvalue weighted by molar-refractivity contribution is -0.204. The molecule has 1 saturated heterocycles. The van der Waals surface area contributed by atoms with E-state index in [2.05, 4.69) is 40.4 Å². The Labute approximate surface area is 332 Å². The zero-order valence-electron chi connectivity index (χ0n) is 34.5. The minimum absolute atomic E-state index is 0.0366. The predicted octanol–water partition coefficient (Wildman–Crippen LogP) is 9.02. The summed E-state index contributed by atoms with van der Waals surface area (Å²) in [5.41, 5.74) is 1.47. The van der Waals surface area contributed by atoms with Gasteiger partial charge in [-0.1, -0.05) is 63.6 Å². The molecule has 1 aliphatic heterocycles. The van der Waals surface area contributed by atoms with E-state index in [1.807, 2.05) is 37.3 Å². The van der Waals surface area contributed by atoms with Gasteiger partial charge < -0.3 is 42.7 Å². The number of carbonyl (C=O) groups is 2. The van der Waals surface area contributed by atoms with Crippen molar-refractivity contribution in [2.45, 2.75) is 128 Å². The van der Waals surface area contributed by atoms with Gasteiger partial charge in [-0.05, 0) is 73.0 Å². The van der Waals surface area contributed by atoms with Crippen molar-refractivity contribution in [3.8, 4) is 17.2 Å². The largest absolute Gasteiger partial charge is 0.508 e. The fourth-order valence-electron chi connectivity index (χ4n) is 7.61. The van der Waals surface area contributed by atoms with E-state index in [9.17, 15) is 14.7 Å². The van der Waals surface area contributed by atoms with Crippen LogP contribution in [-0.4, -0.2) is 76.6 Å². The van der Waals surface area contributed by atoms with Gasteiger partial charge in [-0.3, -0.25) is 4.79 Å². The highest BCUT2D eigenvalue weighted by molar-refractivity contribution is 6.74. The Kier molecular flexibility index (Phi) is 14.1. The van der Waals surface area contributed by atoms with E-state index in [1.165, 1.54) is 26.2 Å². The van der Waals surface area contributed by atoms with Crippen LogP contribution in [0.15, 0.2) is 61.2 Å². The molecule has 0 amide bonds. The molecule has 0 radical (unpaired) electrons. The molecule has 11 nitrogen and oxygen atoms in total. The van der Waals surface area contributed by atoms with Gasteiger partial charge in [0, 0.05) is 38.9 Å². The number of fused-ring (bicyclic) bond motifs is 1. The molecule has 56 heavy (non-hydrogen) atoms. The lowest BCUT2D eigenvalue weighted by Crippen LogP contribution is -2.55. The first-order valence-electron chi connectivity index (χ1n) is 19.6. The van der Waals surface area contributed by atoms with Crippen molar-refractivity contribution in [3.05, 3.63) is 77.9 Å². The Bertz CT molecular complexity index is 1830. The van der Waals surface area contributed by atoms with Gasteiger partial charge >= 0.3 is 11.9 Å². The van der Waals surface area contributed by atoms with Crippen LogP contribution in [0, 0.1) is 5.92 Å². The number of phenolic OH excluding ortho intramolecular Hbond substituents is 1. The zero-order valence-corrected chi connectivity index (χ0v) is 35.5. The molecule has 1 N–H and O–H groups in total. The Morgan fingerprint density at radius 1 is 1.05 bits per heavy atom. The smallest absolute Gasteiger partial charge is 0.341 e. The zero-order chi connectivity index (χ0) is 40.8. The Balaban J connectivity index is 1.57. The van der Waals surface area contributed by atoms with Gasteiger partial charge in [-0.2, -0.15) is 0 Å². The molecule has 1 spiro atoms. The number of methoxy groups -OCH3 is 2. The molecule has 0 bridgehead atoms. The minimum atomic E-state index is -2.43. The van der Waals surface area contributed by atoms with E-state index in [4.69, 9.17) is 37.6 Å². The summed E-state index contributed by atoms with van der Waals surface area (Å²) in [4.78, 5) is 26.5. The van der Waals surface area contributed by atoms with Crippen LogP contribution in [0.1, 0.15) is 88.2 Å². The van der Waals surface area contributed by atoms with Crippen LogP contribution in [0.4, 0.5) is 0 Å². The van der Waals surface area contributed by atoms with Crippen molar-refractivity contribution in [1.82, 2.24) is 0 Å². The molecule has 0 aromatic heterocycles. The van der Waals surface area contributed by atoms with Crippen LogP contribution in [0.2, 0.25) is 18.1 Å². The molecule has 1 saturated carbocycles. The van der Waals surface area contributed by atoms with Crippen molar-refractivity contribution < 1.29 is 52.3 Å². The van der Waals surface area contributed by atoms with Crippen LogP contribution in [0.3, 0.4) is 0 Å². The van der Waals surface area contributed by atoms with E-state index < -0.39 is 50.3 Å². The normalized spacial score (nSPS) is 20.0. The van der Waals surface area contributed by atoms with Gasteiger partial charge in [0.05, 0.1) is 31.3 Å². The van der Waals surface area contributed by atoms with Crippen molar-refractivity contribution >= 4 is 31.0 Å². The molecule has 1 heterocycles. The molecule has 1 aliphatic carbocycles. The van der Waals surface area contributed by atoms with Crippen LogP contribution in [0.5, 0.6) is 17.2 Å². The van der Waals surface area contributed by atoms with Crippen molar-refractivity contribution in [1.29, 1.82) is 0 Å². The van der Waals surface area contributed by atoms with Crippen LogP contribution >= 0.6 is 0 Å². The summed E-state index contributed by atoms with van der Waals surface area (Å²) >= 11 is 0. The highest BCUT2D eigenvalue weighted by Gasteiger charge is 2.54. The second kappa shape index (κ2) is 18.2. The Hall–Kier alpha value is -3.78. The molecule has 5 atom stereocenters. The quantitative estimate of drug-likeness (QED) is 0.0373. The standard InChI is InChI=1S/C44H60O11Si/c1-11-31(39(48-7)41(55-56(9,10)43(4,5)6)38-28(2)53-44(54-38)20-16-13-17-21-44)22-32-23-33-24-34(46)25-35(51-27-50-26-30-18-14-12-15-19-30)36(33)40(52-29(3)45)37(32)42(47)49-8/h11-12,14-15,18-19,23-25,28,31,38-39,41,46H,1,13,16-17,20-22,26-27H2,2-10H3/t28-,31+,38+,39+,41+/m1/s1. The predicted molar refractivity (Wildman–Crippen MR) is 216 cm³/mol. The molecule has 2 aliphatic rings. The van der Waals surface area contributed by atoms with Crippen LogP contribution in [-0.2, 0) is 45.9 Å². The summed E-state index contributed by atoms with van der Waals surface area (Å²) in [5.74, 6) is -2.48. The average Bonchev–Trinajstić information content (AvgIpc) is 3.46. The van der Waals surface area contributed by atoms with Gasteiger partial charge in [0.1, 0.15) is 29.3 Å². The van der Waals surface area contributed by atoms with Gasteiger partial charge in [-0.25, -0.2) is 4.79 Å². The first-order valence-corrected chi connectivity index (χ1v) is 22.5. The number of aromatic hydroxyl groups is 1. The fourth-order valence-corrected chi connectivity index (χ4v) is 8.91. The summed E-state index contributed by atoms with van der Waals surface area (Å²) in [5, 5.41) is 11.5. The lowest BCUT2D eigenvalue weighted by atomic mass is 9.85. The van der Waals surface area contributed by atoms with E-state index in [0.717, 1.165) is 37.7 Å². The lowest BCUT2D eigenvalue weighted by Gasteiger charge is -2.44. The fraction of sp³-hybridized carbons (Fsp3) is 0.545. The summed E-state index contributed by atoms with van der Waals surface area (Å²) < 4.78 is 50.1. The first kappa shape index (κ1) is 43.3. The average molecular weight is 793 g/mol. The number of carbonyl (C=O) groups excluding carboxylic acids is 2. The van der Waals surface area contributed by atoms with Crippen LogP contribution < -0.4 is 9.47 Å². The number of hydrogen-bond acceptors (Lipinski definition) is 11. The summed E-state index contributed by atoms with van der Waals surface area (Å²) in [6, 6.07) is 14.3. The molecule has 0 unspecified atom stereocenters. The summed E-state index contributed by atoms with van der Waals surface area (Å²) in [7, 11) is 0.482. The molecular weight excluding hydrogens is 733 g/mol. The molecule has 3 aromatic carbocycles. The van der Waals surface area contributed by atoms with E-state index in [-0.39, 0.29) is 53.8 Å². The number of rotatable bonds is 16. The van der Waals surface area contributed by atoms with Gasteiger partial charge in [-0.15, -0.1) is 6.58 Å². The monoisotopic (exact) mass is 792 g/mol. The second-order valence-corrected chi connectivity index (χ2v) is 21.2. The number of esters is 2. The molecule has 12 heteroatoms. The summed E-state index contributed by atoms with van der Waals surface area (Å²) in [6.45, 7) is 18.6. The van der Waals surface area contributed by atoms with Gasteiger partial charge in [0.25, 0.3) is 0 Å². The van der Waals surface area contributed by atoms with E-state index in [1.54, 1.807) is 19.3 Å². The van der Waals surface area contributed by atoms with Gasteiger partial charge in [0.2, 0.25) is 0 Å². The molecule has 2 fully saturated rings. The van der Waals surface area contributed by atoms with Crippen LogP contribution in [0.25, 0.3) is 10.8 Å². The number of benzene rings is 3. The third kappa shape index (κ3) is 9.83. The molecule has 3 aromatic rings. The van der Waals surface area contributed by atoms with Crippen molar-refractivity contribution in [3.63, 3.8) is 0 Å². The molecule has 306 valence electrons. The number of phenols is 1. The maximum atomic E-state index is 13.8. The number of hydrogen-bond donors (Lipinski definition) is 1. The van der Waals surface area contributed by atoms with E-state index in [0.29, 0.717) is 16.3 Å². The topological polar surface area (TPSA) is 128 Å². The number of ether oxygens (including phenoxy) is 7. The highest BCUT2D eigenvalue weighted by Crippen LogP contribution is 2.47. The van der Waals surface area contributed by atoms with Crippen molar-refractivity contribution in [2.24, 2.45) is 5.92 Å². The van der Waals surface area contributed by atoms with Gasteiger partial charge in [0.15, 0.2) is 26.6 Å². The summed E-state index contributed by atoms with van der Waals surface area (Å²) in [6.07, 6.45) is 4.97. The minimum Gasteiger partial charge on any atom is -0.508 e. The Morgan fingerprint density at radius 2 is 1.75 bits per heavy atom. The second-order valence-electron chi connectivity index (χ2n) is 16.5. The maximum absolute atomic E-state index is 13.8. The maximum Gasteiger partial charge on any atom is 0.341 e. The molecule has 5 rings (SSSR count).